The Kier molecular flexibility index (Phi) is 2.31. The lowest BCUT2D eigenvalue weighted by molar-refractivity contribution is 1.32. The number of pyridine rings is 1. The maximum absolute atomic E-state index is 4.24. The molecule has 0 aliphatic heterocycles. The molecule has 0 bridgehead atoms. The minimum absolute atomic E-state index is 0.883. The summed E-state index contributed by atoms with van der Waals surface area (Å²) in [4.78, 5) is 4.24. The molecule has 0 aliphatic rings. The van der Waals surface area contributed by atoms with Crippen molar-refractivity contribution in [3.63, 3.8) is 0 Å². The number of hydrogen-bond donors (Lipinski definition) is 1. The molecule has 1 N–H and O–H groups in total. The van der Waals surface area contributed by atoms with Crippen LogP contribution in [0.15, 0.2) is 54.7 Å². The van der Waals surface area contributed by atoms with Gasteiger partial charge in [-0.05, 0) is 29.7 Å². The first kappa shape index (κ1) is 9.36. The number of thiophene rings is 1. The quantitative estimate of drug-likeness (QED) is 0.713. The molecule has 1 aromatic carbocycles. The number of nitrogens with one attached hydrogen (secondary N) is 1. The number of hydrogen-bond acceptors (Lipinski definition) is 3. The second-order valence-corrected chi connectivity index (χ2v) is 4.57. The van der Waals surface area contributed by atoms with E-state index in [1.165, 1.54) is 10.1 Å². The first-order valence-corrected chi connectivity index (χ1v) is 5.90. The number of rotatable bonds is 2. The summed E-state index contributed by atoms with van der Waals surface area (Å²) in [5.74, 6) is 0.883. The molecule has 2 aromatic heterocycles. The summed E-state index contributed by atoms with van der Waals surface area (Å²) >= 11 is 1.74. The van der Waals surface area contributed by atoms with E-state index in [0.717, 1.165) is 10.8 Å². The van der Waals surface area contributed by atoms with E-state index in [2.05, 4.69) is 40.6 Å². The van der Waals surface area contributed by atoms with Gasteiger partial charge < -0.3 is 5.32 Å². The van der Waals surface area contributed by atoms with E-state index in [0.29, 0.717) is 0 Å². The van der Waals surface area contributed by atoms with Crippen molar-refractivity contribution < 1.29 is 0 Å². The van der Waals surface area contributed by atoms with Crippen LogP contribution in [0.2, 0.25) is 0 Å². The zero-order chi connectivity index (χ0) is 10.8. The molecule has 78 valence electrons. The minimum Gasteiger partial charge on any atom is -0.332 e. The van der Waals surface area contributed by atoms with Crippen LogP contribution in [0.1, 0.15) is 0 Å². The second kappa shape index (κ2) is 3.94. The molecule has 2 heterocycles. The third-order valence-electron chi connectivity index (χ3n) is 2.34. The Bertz CT molecular complexity index is 568. The van der Waals surface area contributed by atoms with Crippen molar-refractivity contribution >= 4 is 32.2 Å². The van der Waals surface area contributed by atoms with Crippen molar-refractivity contribution in [3.8, 4) is 0 Å². The lowest BCUT2D eigenvalue weighted by Crippen LogP contribution is -1.88. The molecule has 0 saturated heterocycles. The van der Waals surface area contributed by atoms with Crippen molar-refractivity contribution in [2.24, 2.45) is 0 Å². The largest absolute Gasteiger partial charge is 0.332 e. The standard InChI is InChI=1S/C13H10N2S/c1-2-6-11-10(5-1)9-13(16-11)15-12-7-3-4-8-14-12/h1-9H,(H,14,15). The monoisotopic (exact) mass is 226 g/mol. The lowest BCUT2D eigenvalue weighted by atomic mass is 10.3. The molecule has 2 nitrogen and oxygen atoms in total. The highest BCUT2D eigenvalue weighted by atomic mass is 32.1. The van der Waals surface area contributed by atoms with Gasteiger partial charge in [0.25, 0.3) is 0 Å². The Hall–Kier alpha value is -1.87. The van der Waals surface area contributed by atoms with Crippen molar-refractivity contribution in [1.29, 1.82) is 0 Å². The molecule has 0 fully saturated rings. The van der Waals surface area contributed by atoms with E-state index >= 15 is 0 Å². The maximum Gasteiger partial charge on any atom is 0.130 e. The molecule has 0 atom stereocenters. The molecule has 16 heavy (non-hydrogen) atoms. The molecule has 3 aromatic rings. The van der Waals surface area contributed by atoms with Gasteiger partial charge in [-0.15, -0.1) is 11.3 Å². The average Bonchev–Trinajstić information content (AvgIpc) is 2.72. The summed E-state index contributed by atoms with van der Waals surface area (Å²) in [5.41, 5.74) is 0. The van der Waals surface area contributed by atoms with E-state index < -0.39 is 0 Å². The summed E-state index contributed by atoms with van der Waals surface area (Å²) in [6, 6.07) is 16.4. The van der Waals surface area contributed by atoms with Crippen molar-refractivity contribution in [2.45, 2.75) is 0 Å². The van der Waals surface area contributed by atoms with Crippen LogP contribution in [0, 0.1) is 0 Å². The van der Waals surface area contributed by atoms with Gasteiger partial charge in [-0.2, -0.15) is 0 Å². The van der Waals surface area contributed by atoms with E-state index in [1.807, 2.05) is 18.2 Å². The molecule has 0 radical (unpaired) electrons. The highest BCUT2D eigenvalue weighted by molar-refractivity contribution is 7.22. The lowest BCUT2D eigenvalue weighted by Gasteiger charge is -1.99. The highest BCUT2D eigenvalue weighted by Crippen LogP contribution is 2.30. The van der Waals surface area contributed by atoms with Crippen LogP contribution in [-0.2, 0) is 0 Å². The third-order valence-corrected chi connectivity index (χ3v) is 3.37. The van der Waals surface area contributed by atoms with Crippen molar-refractivity contribution in [1.82, 2.24) is 4.98 Å². The highest BCUT2D eigenvalue weighted by Gasteiger charge is 2.01. The van der Waals surface area contributed by atoms with Crippen LogP contribution in [0.4, 0.5) is 10.8 Å². The van der Waals surface area contributed by atoms with Crippen LogP contribution >= 0.6 is 11.3 Å². The van der Waals surface area contributed by atoms with Gasteiger partial charge in [0, 0.05) is 10.9 Å². The minimum atomic E-state index is 0.883. The molecule has 0 saturated carbocycles. The van der Waals surface area contributed by atoms with Gasteiger partial charge in [0.2, 0.25) is 0 Å². The van der Waals surface area contributed by atoms with Gasteiger partial charge in [-0.3, -0.25) is 0 Å². The number of fused-ring (bicyclic) bond motifs is 1. The van der Waals surface area contributed by atoms with Gasteiger partial charge in [0.15, 0.2) is 0 Å². The van der Waals surface area contributed by atoms with Crippen LogP contribution in [0.3, 0.4) is 0 Å². The van der Waals surface area contributed by atoms with Gasteiger partial charge in [-0.25, -0.2) is 4.98 Å². The van der Waals surface area contributed by atoms with Gasteiger partial charge in [-0.1, -0.05) is 24.3 Å². The fourth-order valence-corrected chi connectivity index (χ4v) is 2.58. The molecule has 0 spiro atoms. The first-order chi connectivity index (χ1) is 7.92. The summed E-state index contributed by atoms with van der Waals surface area (Å²) < 4.78 is 1.29. The van der Waals surface area contributed by atoms with E-state index in [1.54, 1.807) is 17.5 Å². The molecular weight excluding hydrogens is 216 g/mol. The number of anilines is 2. The van der Waals surface area contributed by atoms with Crippen LogP contribution < -0.4 is 5.32 Å². The third kappa shape index (κ3) is 1.77. The molecule has 0 amide bonds. The molecule has 3 rings (SSSR count). The van der Waals surface area contributed by atoms with Crippen molar-refractivity contribution in [2.75, 3.05) is 5.32 Å². The summed E-state index contributed by atoms with van der Waals surface area (Å²) in [6.07, 6.45) is 1.79. The molecule has 0 aliphatic carbocycles. The zero-order valence-corrected chi connectivity index (χ0v) is 9.37. The Morgan fingerprint density at radius 1 is 1.00 bits per heavy atom. The van der Waals surface area contributed by atoms with Crippen LogP contribution in [0.25, 0.3) is 10.1 Å². The second-order valence-electron chi connectivity index (χ2n) is 3.49. The average molecular weight is 226 g/mol. The predicted octanol–water partition coefficient (Wildman–Crippen LogP) is 4.04. The van der Waals surface area contributed by atoms with E-state index in [4.69, 9.17) is 0 Å². The van der Waals surface area contributed by atoms with Crippen molar-refractivity contribution in [3.05, 3.63) is 54.7 Å². The maximum atomic E-state index is 4.24. The summed E-state index contributed by atoms with van der Waals surface area (Å²) in [6.45, 7) is 0. The molecule has 3 heteroatoms. The van der Waals surface area contributed by atoms with Gasteiger partial charge in [0.1, 0.15) is 5.82 Å². The Morgan fingerprint density at radius 3 is 2.69 bits per heavy atom. The number of nitrogens with zero attached hydrogens (tertiary/aromatic N) is 1. The fraction of sp³-hybridized carbons (Fsp3) is 0. The Balaban J connectivity index is 1.95. The topological polar surface area (TPSA) is 24.9 Å². The Labute approximate surface area is 97.6 Å². The van der Waals surface area contributed by atoms with Crippen LogP contribution in [-0.4, -0.2) is 4.98 Å². The first-order valence-electron chi connectivity index (χ1n) is 5.08. The SMILES string of the molecule is c1ccc(Nc2cc3ccccc3s2)nc1. The smallest absolute Gasteiger partial charge is 0.130 e. The normalized spacial score (nSPS) is 10.5. The number of benzene rings is 1. The summed E-state index contributed by atoms with van der Waals surface area (Å²) in [7, 11) is 0. The molecular formula is C13H10N2S. The Morgan fingerprint density at radius 2 is 1.88 bits per heavy atom. The molecule has 0 unspecified atom stereocenters. The zero-order valence-electron chi connectivity index (χ0n) is 8.55. The fourth-order valence-electron chi connectivity index (χ4n) is 1.61. The van der Waals surface area contributed by atoms with E-state index in [-0.39, 0.29) is 0 Å². The van der Waals surface area contributed by atoms with Gasteiger partial charge >= 0.3 is 0 Å². The van der Waals surface area contributed by atoms with E-state index in [9.17, 15) is 0 Å². The predicted molar refractivity (Wildman–Crippen MR) is 69.3 cm³/mol. The van der Waals surface area contributed by atoms with Gasteiger partial charge in [0.05, 0.1) is 5.00 Å². The van der Waals surface area contributed by atoms with Crippen LogP contribution in [0.5, 0.6) is 0 Å². The number of aromatic nitrogens is 1. The summed E-state index contributed by atoms with van der Waals surface area (Å²) in [5, 5.41) is 5.70.